The fourth-order valence-electron chi connectivity index (χ4n) is 2.87. The summed E-state index contributed by atoms with van der Waals surface area (Å²) >= 11 is 0. The van der Waals surface area contributed by atoms with Crippen LogP contribution in [0.5, 0.6) is 5.75 Å². The Hall–Kier alpha value is -4.27. The Morgan fingerprint density at radius 3 is 2.94 bits per heavy atom. The van der Waals surface area contributed by atoms with Gasteiger partial charge in [-0.1, -0.05) is 16.8 Å². The van der Waals surface area contributed by atoms with E-state index in [-0.39, 0.29) is 16.7 Å². The average molecular weight is 421 g/mol. The van der Waals surface area contributed by atoms with Crippen LogP contribution in [-0.2, 0) is 4.79 Å². The largest absolute Gasteiger partial charge is 0.483 e. The third kappa shape index (κ3) is 4.50. The highest BCUT2D eigenvalue weighted by atomic mass is 19.1. The lowest BCUT2D eigenvalue weighted by atomic mass is 10.1. The number of fused-ring (bicyclic) bond motifs is 1. The first-order chi connectivity index (χ1) is 15.0. The number of nitrogens with one attached hydrogen (secondary N) is 1. The fourth-order valence-corrected chi connectivity index (χ4v) is 2.87. The molecular formula is C22H16FN3O5. The van der Waals surface area contributed by atoms with Crippen LogP contribution in [0.25, 0.3) is 22.3 Å². The number of ether oxygens (including phenoxy) is 1. The standard InChI is InChI=1S/C22H16FN3O5/c1-13-2-4-19-17(8-13)22(28)14(11-29-19)10-24-26-21(27)12-30-18-5-3-15(23)9-16(18)20-6-7-25-31-20/h2-11H,12H2,1H3,(H,26,27)/b24-10+. The maximum absolute atomic E-state index is 13.6. The van der Waals surface area contributed by atoms with Crippen LogP contribution in [-0.4, -0.2) is 23.9 Å². The molecule has 2 aromatic heterocycles. The lowest BCUT2D eigenvalue weighted by Gasteiger charge is -2.09. The molecule has 0 atom stereocenters. The van der Waals surface area contributed by atoms with Gasteiger partial charge in [-0.3, -0.25) is 9.59 Å². The molecule has 0 saturated heterocycles. The topological polar surface area (TPSA) is 107 Å². The molecule has 0 aliphatic rings. The van der Waals surface area contributed by atoms with E-state index in [1.54, 1.807) is 18.2 Å². The van der Waals surface area contributed by atoms with Gasteiger partial charge in [0, 0.05) is 6.07 Å². The molecule has 0 radical (unpaired) electrons. The molecule has 1 N–H and O–H groups in total. The minimum Gasteiger partial charge on any atom is -0.483 e. The second kappa shape index (κ2) is 8.62. The SMILES string of the molecule is Cc1ccc2occ(/C=N/NC(=O)COc3ccc(F)cc3-c3ccno3)c(=O)c2c1. The average Bonchev–Trinajstić information content (AvgIpc) is 3.29. The zero-order chi connectivity index (χ0) is 21.8. The molecule has 4 rings (SSSR count). The summed E-state index contributed by atoms with van der Waals surface area (Å²) in [7, 11) is 0. The molecule has 0 fully saturated rings. The van der Waals surface area contributed by atoms with E-state index in [4.69, 9.17) is 13.7 Å². The molecule has 2 heterocycles. The summed E-state index contributed by atoms with van der Waals surface area (Å²) in [5, 5.41) is 7.78. The molecule has 8 nitrogen and oxygen atoms in total. The summed E-state index contributed by atoms with van der Waals surface area (Å²) in [5.74, 6) is -0.531. The first-order valence-electron chi connectivity index (χ1n) is 9.19. The lowest BCUT2D eigenvalue weighted by Crippen LogP contribution is -2.25. The number of hydrazone groups is 1. The molecule has 0 unspecified atom stereocenters. The summed E-state index contributed by atoms with van der Waals surface area (Å²) in [6, 6.07) is 10.6. The van der Waals surface area contributed by atoms with Crippen LogP contribution in [0.1, 0.15) is 11.1 Å². The van der Waals surface area contributed by atoms with Crippen molar-refractivity contribution < 1.29 is 22.9 Å². The van der Waals surface area contributed by atoms with Gasteiger partial charge in [-0.2, -0.15) is 5.10 Å². The number of benzene rings is 2. The van der Waals surface area contributed by atoms with Gasteiger partial charge in [-0.05, 0) is 37.3 Å². The summed E-state index contributed by atoms with van der Waals surface area (Å²) in [6.45, 7) is 1.48. The van der Waals surface area contributed by atoms with E-state index >= 15 is 0 Å². The Kier molecular flexibility index (Phi) is 5.57. The van der Waals surface area contributed by atoms with Crippen LogP contribution in [0.15, 0.2) is 73.8 Å². The van der Waals surface area contributed by atoms with Crippen molar-refractivity contribution in [2.75, 3.05) is 6.61 Å². The van der Waals surface area contributed by atoms with Crippen molar-refractivity contribution in [2.24, 2.45) is 5.10 Å². The number of halogens is 1. The van der Waals surface area contributed by atoms with Crippen LogP contribution in [0, 0.1) is 12.7 Å². The smallest absolute Gasteiger partial charge is 0.277 e. The van der Waals surface area contributed by atoms with Gasteiger partial charge in [0.05, 0.1) is 28.9 Å². The van der Waals surface area contributed by atoms with Crippen LogP contribution >= 0.6 is 0 Å². The molecule has 0 aliphatic carbocycles. The van der Waals surface area contributed by atoms with Crippen molar-refractivity contribution in [2.45, 2.75) is 6.92 Å². The quantitative estimate of drug-likeness (QED) is 0.378. The van der Waals surface area contributed by atoms with E-state index in [0.717, 1.165) is 5.56 Å². The van der Waals surface area contributed by atoms with Gasteiger partial charge in [-0.15, -0.1) is 0 Å². The molecule has 9 heteroatoms. The van der Waals surface area contributed by atoms with E-state index in [9.17, 15) is 14.0 Å². The van der Waals surface area contributed by atoms with Crippen molar-refractivity contribution in [1.29, 1.82) is 0 Å². The summed E-state index contributed by atoms with van der Waals surface area (Å²) in [6.07, 6.45) is 3.88. The Bertz CT molecular complexity index is 1330. The second-order valence-electron chi connectivity index (χ2n) is 6.62. The van der Waals surface area contributed by atoms with Crippen molar-refractivity contribution >= 4 is 23.1 Å². The molecule has 0 spiro atoms. The zero-order valence-corrected chi connectivity index (χ0v) is 16.3. The number of aryl methyl sites for hydroxylation is 1. The van der Waals surface area contributed by atoms with Gasteiger partial charge in [0.2, 0.25) is 5.43 Å². The Balaban J connectivity index is 1.42. The Morgan fingerprint density at radius 2 is 2.13 bits per heavy atom. The lowest BCUT2D eigenvalue weighted by molar-refractivity contribution is -0.123. The number of nitrogens with zero attached hydrogens (tertiary/aromatic N) is 2. The van der Waals surface area contributed by atoms with E-state index in [1.807, 2.05) is 13.0 Å². The van der Waals surface area contributed by atoms with E-state index in [2.05, 4.69) is 15.7 Å². The van der Waals surface area contributed by atoms with E-state index in [1.165, 1.54) is 36.9 Å². The van der Waals surface area contributed by atoms with Crippen molar-refractivity contribution in [1.82, 2.24) is 10.6 Å². The maximum atomic E-state index is 13.6. The minimum atomic E-state index is -0.579. The van der Waals surface area contributed by atoms with Crippen molar-refractivity contribution in [3.05, 3.63) is 82.1 Å². The molecule has 1 amide bonds. The van der Waals surface area contributed by atoms with Crippen LogP contribution in [0.3, 0.4) is 0 Å². The molecule has 0 aliphatic heterocycles. The first kappa shape index (κ1) is 20.0. The van der Waals surface area contributed by atoms with Gasteiger partial charge < -0.3 is 13.7 Å². The van der Waals surface area contributed by atoms with Gasteiger partial charge in [-0.25, -0.2) is 9.82 Å². The fraction of sp³-hybridized carbons (Fsp3) is 0.0909. The predicted molar refractivity (Wildman–Crippen MR) is 110 cm³/mol. The van der Waals surface area contributed by atoms with E-state index < -0.39 is 18.3 Å². The van der Waals surface area contributed by atoms with Gasteiger partial charge >= 0.3 is 0 Å². The number of hydrogen-bond donors (Lipinski definition) is 1. The number of carbonyl (C=O) groups is 1. The number of amides is 1. The molecule has 31 heavy (non-hydrogen) atoms. The van der Waals surface area contributed by atoms with Gasteiger partial charge in [0.25, 0.3) is 5.91 Å². The molecule has 2 aromatic carbocycles. The van der Waals surface area contributed by atoms with Crippen LogP contribution in [0.4, 0.5) is 4.39 Å². The van der Waals surface area contributed by atoms with Gasteiger partial charge in [0.1, 0.15) is 23.4 Å². The maximum Gasteiger partial charge on any atom is 0.277 e. The first-order valence-corrected chi connectivity index (χ1v) is 9.19. The molecule has 156 valence electrons. The van der Waals surface area contributed by atoms with Crippen molar-refractivity contribution in [3.63, 3.8) is 0 Å². The molecule has 0 saturated carbocycles. The molecule has 4 aromatic rings. The Labute approximate surface area is 174 Å². The molecule has 0 bridgehead atoms. The normalized spacial score (nSPS) is 11.2. The predicted octanol–water partition coefficient (Wildman–Crippen LogP) is 3.42. The summed E-state index contributed by atoms with van der Waals surface area (Å²) in [5.41, 5.74) is 3.90. The highest BCUT2D eigenvalue weighted by Crippen LogP contribution is 2.30. The summed E-state index contributed by atoms with van der Waals surface area (Å²) in [4.78, 5) is 24.6. The van der Waals surface area contributed by atoms with Crippen LogP contribution in [0.2, 0.25) is 0 Å². The van der Waals surface area contributed by atoms with Crippen molar-refractivity contribution in [3.8, 4) is 17.1 Å². The van der Waals surface area contributed by atoms with Crippen LogP contribution < -0.4 is 15.6 Å². The van der Waals surface area contributed by atoms with E-state index in [0.29, 0.717) is 22.3 Å². The van der Waals surface area contributed by atoms with Gasteiger partial charge in [0.15, 0.2) is 12.4 Å². The highest BCUT2D eigenvalue weighted by Gasteiger charge is 2.13. The molecular weight excluding hydrogens is 405 g/mol. The monoisotopic (exact) mass is 421 g/mol. The summed E-state index contributed by atoms with van der Waals surface area (Å²) < 4.78 is 29.5. The highest BCUT2D eigenvalue weighted by molar-refractivity contribution is 5.87. The third-order valence-electron chi connectivity index (χ3n) is 4.35. The number of aromatic nitrogens is 1. The number of hydrogen-bond acceptors (Lipinski definition) is 7. The zero-order valence-electron chi connectivity index (χ0n) is 16.3. The second-order valence-corrected chi connectivity index (χ2v) is 6.62. The third-order valence-corrected chi connectivity index (χ3v) is 4.35. The number of rotatable bonds is 6. The Morgan fingerprint density at radius 1 is 1.26 bits per heavy atom. The minimum absolute atomic E-state index is 0.186. The number of carbonyl (C=O) groups excluding carboxylic acids is 1.